The molecule has 1 aromatic rings. The summed E-state index contributed by atoms with van der Waals surface area (Å²) >= 11 is 6.68. The van der Waals surface area contributed by atoms with Crippen molar-refractivity contribution in [2.24, 2.45) is 11.3 Å². The number of ether oxygens (including phenoxy) is 1. The molecule has 0 aliphatic carbocycles. The second-order valence-electron chi connectivity index (χ2n) is 10.5. The summed E-state index contributed by atoms with van der Waals surface area (Å²) < 4.78 is 5.01. The first-order valence-electron chi connectivity index (χ1n) is 11.6. The molecule has 0 atom stereocenters. The lowest BCUT2D eigenvalue weighted by molar-refractivity contribution is -0.143. The molecule has 0 saturated heterocycles. The lowest BCUT2D eigenvalue weighted by Crippen LogP contribution is -2.31. The third-order valence-corrected chi connectivity index (χ3v) is 6.18. The Morgan fingerprint density at radius 3 is 2.25 bits per heavy atom. The molecule has 0 spiro atoms. The average Bonchev–Trinajstić information content (AvgIpc) is 2.65. The maximum absolute atomic E-state index is 12.3. The predicted octanol–water partition coefficient (Wildman–Crippen LogP) is 6.94. The highest BCUT2D eigenvalue weighted by atomic mass is 35.5. The number of hydrogen-bond donors (Lipinski definition) is 0. The average molecular weight is 464 g/mol. The van der Waals surface area contributed by atoms with E-state index in [2.05, 4.69) is 66.7 Å². The SMILES string of the molecule is CCOC(=O)CCN(/C=C(/C(C)C)C(C)(C)c1ccc(CCC(C)(C)C)c(Cl)c1)C(C)=O. The summed E-state index contributed by atoms with van der Waals surface area (Å²) in [7, 11) is 0. The van der Waals surface area contributed by atoms with E-state index >= 15 is 0 Å². The van der Waals surface area contributed by atoms with Crippen LogP contribution in [0.2, 0.25) is 5.02 Å². The van der Waals surface area contributed by atoms with Gasteiger partial charge in [0, 0.05) is 30.1 Å². The third kappa shape index (κ3) is 8.61. The molecule has 0 bridgehead atoms. The first kappa shape index (κ1) is 28.2. The highest BCUT2D eigenvalue weighted by Gasteiger charge is 2.29. The Bertz CT molecular complexity index is 819. The molecule has 4 nitrogen and oxygen atoms in total. The van der Waals surface area contributed by atoms with Gasteiger partial charge in [0.1, 0.15) is 0 Å². The maximum Gasteiger partial charge on any atom is 0.307 e. The third-order valence-electron chi connectivity index (χ3n) is 5.82. The molecule has 0 aliphatic heterocycles. The number of amides is 1. The molecule has 1 rings (SSSR count). The standard InChI is InChI=1S/C27H42ClNO3/c1-10-32-25(31)14-16-29(20(4)30)18-23(19(2)3)27(8,9)22-12-11-21(24(28)17-22)13-15-26(5,6)7/h11-12,17-19H,10,13-16H2,1-9H3/b23-18-. The van der Waals surface area contributed by atoms with E-state index < -0.39 is 0 Å². The Hall–Kier alpha value is -1.81. The van der Waals surface area contributed by atoms with E-state index in [-0.39, 0.29) is 35.0 Å². The fraction of sp³-hybridized carbons (Fsp3) is 0.630. The van der Waals surface area contributed by atoms with Gasteiger partial charge in [0.05, 0.1) is 13.0 Å². The Morgan fingerprint density at radius 1 is 1.16 bits per heavy atom. The van der Waals surface area contributed by atoms with Crippen LogP contribution in [0.1, 0.15) is 86.3 Å². The lowest BCUT2D eigenvalue weighted by atomic mass is 9.73. The summed E-state index contributed by atoms with van der Waals surface area (Å²) in [6.07, 6.45) is 4.10. The van der Waals surface area contributed by atoms with Gasteiger partial charge in [-0.3, -0.25) is 9.59 Å². The van der Waals surface area contributed by atoms with Crippen molar-refractivity contribution in [2.45, 2.75) is 87.0 Å². The number of carbonyl (C=O) groups is 2. The van der Waals surface area contributed by atoms with Crippen molar-refractivity contribution in [3.63, 3.8) is 0 Å². The second kappa shape index (κ2) is 11.9. The molecule has 0 aliphatic rings. The van der Waals surface area contributed by atoms with Crippen molar-refractivity contribution in [1.82, 2.24) is 4.90 Å². The van der Waals surface area contributed by atoms with Gasteiger partial charge in [0.2, 0.25) is 5.91 Å². The largest absolute Gasteiger partial charge is 0.466 e. The molecule has 0 fully saturated rings. The van der Waals surface area contributed by atoms with Gasteiger partial charge >= 0.3 is 5.97 Å². The van der Waals surface area contributed by atoms with Gasteiger partial charge in [0.25, 0.3) is 0 Å². The number of halogens is 1. The van der Waals surface area contributed by atoms with Gasteiger partial charge in [-0.25, -0.2) is 0 Å². The summed E-state index contributed by atoms with van der Waals surface area (Å²) in [5.41, 5.74) is 3.30. The van der Waals surface area contributed by atoms with E-state index in [1.54, 1.807) is 11.8 Å². The maximum atomic E-state index is 12.3. The molecule has 32 heavy (non-hydrogen) atoms. The van der Waals surface area contributed by atoms with Crippen LogP contribution in [0.4, 0.5) is 0 Å². The van der Waals surface area contributed by atoms with Crippen LogP contribution in [0.25, 0.3) is 0 Å². The van der Waals surface area contributed by atoms with E-state index in [1.165, 1.54) is 6.92 Å². The van der Waals surface area contributed by atoms with Crippen molar-refractivity contribution < 1.29 is 14.3 Å². The van der Waals surface area contributed by atoms with Crippen molar-refractivity contribution >= 4 is 23.5 Å². The van der Waals surface area contributed by atoms with Crippen LogP contribution in [0.5, 0.6) is 0 Å². The molecule has 0 saturated carbocycles. The first-order valence-corrected chi connectivity index (χ1v) is 12.0. The summed E-state index contributed by atoms with van der Waals surface area (Å²) in [6.45, 7) is 19.2. The zero-order valence-corrected chi connectivity index (χ0v) is 22.2. The zero-order valence-electron chi connectivity index (χ0n) is 21.5. The van der Waals surface area contributed by atoms with E-state index in [9.17, 15) is 9.59 Å². The van der Waals surface area contributed by atoms with Crippen molar-refractivity contribution in [1.29, 1.82) is 0 Å². The van der Waals surface area contributed by atoms with Crippen LogP contribution in [0.15, 0.2) is 30.0 Å². The van der Waals surface area contributed by atoms with E-state index in [0.29, 0.717) is 13.2 Å². The Labute approximate surface area is 200 Å². The number of carbonyl (C=O) groups excluding carboxylic acids is 2. The van der Waals surface area contributed by atoms with Crippen LogP contribution in [-0.4, -0.2) is 29.9 Å². The van der Waals surface area contributed by atoms with Gasteiger partial charge in [-0.1, -0.05) is 72.2 Å². The number of rotatable bonds is 10. The normalized spacial score (nSPS) is 12.8. The minimum absolute atomic E-state index is 0.0983. The van der Waals surface area contributed by atoms with Crippen molar-refractivity contribution in [3.05, 3.63) is 46.1 Å². The fourth-order valence-corrected chi connectivity index (χ4v) is 4.05. The zero-order chi connectivity index (χ0) is 24.7. The van der Waals surface area contributed by atoms with E-state index in [0.717, 1.165) is 34.6 Å². The van der Waals surface area contributed by atoms with Crippen LogP contribution < -0.4 is 0 Å². The van der Waals surface area contributed by atoms with Gasteiger partial charge in [-0.15, -0.1) is 0 Å². The Balaban J connectivity index is 3.22. The molecular weight excluding hydrogens is 422 g/mol. The number of benzene rings is 1. The topological polar surface area (TPSA) is 46.6 Å². The molecule has 5 heteroatoms. The number of esters is 1. The quantitative estimate of drug-likeness (QED) is 0.353. The minimum Gasteiger partial charge on any atom is -0.466 e. The molecule has 1 aromatic carbocycles. The molecule has 180 valence electrons. The second-order valence-corrected chi connectivity index (χ2v) is 10.9. The molecule has 1 amide bonds. The van der Waals surface area contributed by atoms with Crippen LogP contribution in [-0.2, 0) is 26.2 Å². The summed E-state index contributed by atoms with van der Waals surface area (Å²) in [5.74, 6) is -0.192. The van der Waals surface area contributed by atoms with Gasteiger partial charge in [0.15, 0.2) is 0 Å². The van der Waals surface area contributed by atoms with Gasteiger partial charge < -0.3 is 9.64 Å². The van der Waals surface area contributed by atoms with Crippen molar-refractivity contribution in [2.75, 3.05) is 13.2 Å². The van der Waals surface area contributed by atoms with E-state index in [1.807, 2.05) is 6.20 Å². The highest BCUT2D eigenvalue weighted by Crippen LogP contribution is 2.38. The summed E-state index contributed by atoms with van der Waals surface area (Å²) in [5, 5.41) is 0.786. The molecular formula is C27H42ClNO3. The highest BCUT2D eigenvalue weighted by molar-refractivity contribution is 6.31. The van der Waals surface area contributed by atoms with Crippen LogP contribution in [0.3, 0.4) is 0 Å². The minimum atomic E-state index is -0.335. The molecule has 0 N–H and O–H groups in total. The first-order chi connectivity index (χ1) is 14.7. The monoisotopic (exact) mass is 463 g/mol. The van der Waals surface area contributed by atoms with Crippen LogP contribution >= 0.6 is 11.6 Å². The molecule has 0 heterocycles. The molecule has 0 radical (unpaired) electrons. The van der Waals surface area contributed by atoms with Crippen molar-refractivity contribution in [3.8, 4) is 0 Å². The number of allylic oxidation sites excluding steroid dienone is 1. The molecule has 0 aromatic heterocycles. The number of aryl methyl sites for hydroxylation is 1. The van der Waals surface area contributed by atoms with Gasteiger partial charge in [-0.2, -0.15) is 0 Å². The number of nitrogens with zero attached hydrogens (tertiary/aromatic N) is 1. The molecule has 0 unspecified atom stereocenters. The van der Waals surface area contributed by atoms with Crippen LogP contribution in [0, 0.1) is 11.3 Å². The van der Waals surface area contributed by atoms with Gasteiger partial charge in [-0.05, 0) is 53.9 Å². The van der Waals surface area contributed by atoms with E-state index in [4.69, 9.17) is 16.3 Å². The summed E-state index contributed by atoms with van der Waals surface area (Å²) in [6, 6.07) is 6.34. The lowest BCUT2D eigenvalue weighted by Gasteiger charge is -2.34. The Kier molecular flexibility index (Phi) is 10.5. The number of hydrogen-bond acceptors (Lipinski definition) is 3. The smallest absolute Gasteiger partial charge is 0.307 e. The predicted molar refractivity (Wildman–Crippen MR) is 134 cm³/mol. The fourth-order valence-electron chi connectivity index (χ4n) is 3.77. The summed E-state index contributed by atoms with van der Waals surface area (Å²) in [4.78, 5) is 25.7. The Morgan fingerprint density at radius 2 is 1.78 bits per heavy atom.